The van der Waals surface area contributed by atoms with E-state index in [9.17, 15) is 4.79 Å². The van der Waals surface area contributed by atoms with E-state index in [0.29, 0.717) is 12.2 Å². The number of hydrogen-bond donors (Lipinski definition) is 2. The molecular formula is C9H15ClIN3O. The average Bonchev–Trinajstić information content (AvgIpc) is 2.60. The number of nitrogens with zero attached hydrogens (tertiary/aromatic N) is 1. The van der Waals surface area contributed by atoms with Gasteiger partial charge in [-0.15, -0.1) is 12.4 Å². The molecule has 2 N–H and O–H groups in total. The molecule has 1 amide bonds. The van der Waals surface area contributed by atoms with Gasteiger partial charge in [-0.2, -0.15) is 0 Å². The lowest BCUT2D eigenvalue weighted by molar-refractivity contribution is 0.0792. The SMILES string of the molecule is CNCCN(C)C(=O)c1cc(I)c[nH]1.Cl. The number of aromatic amines is 1. The van der Waals surface area contributed by atoms with Crippen LogP contribution in [-0.2, 0) is 0 Å². The molecular weight excluding hydrogens is 328 g/mol. The molecule has 0 fully saturated rings. The number of carbonyl (C=O) groups is 1. The summed E-state index contributed by atoms with van der Waals surface area (Å²) in [5.41, 5.74) is 0.646. The Hall–Kier alpha value is -0.270. The lowest BCUT2D eigenvalue weighted by atomic mass is 10.4. The molecule has 0 radical (unpaired) electrons. The Labute approximate surface area is 109 Å². The maximum atomic E-state index is 11.7. The van der Waals surface area contributed by atoms with Gasteiger partial charge in [-0.1, -0.05) is 0 Å². The van der Waals surface area contributed by atoms with Crippen LogP contribution in [0.2, 0.25) is 0 Å². The first-order chi connectivity index (χ1) is 6.65. The fraction of sp³-hybridized carbons (Fsp3) is 0.444. The summed E-state index contributed by atoms with van der Waals surface area (Å²) in [5.74, 6) is 0.0307. The first kappa shape index (κ1) is 14.7. The van der Waals surface area contributed by atoms with Crippen molar-refractivity contribution in [1.82, 2.24) is 15.2 Å². The van der Waals surface area contributed by atoms with Gasteiger partial charge in [0.15, 0.2) is 0 Å². The van der Waals surface area contributed by atoms with E-state index < -0.39 is 0 Å². The first-order valence-corrected chi connectivity index (χ1v) is 5.47. The van der Waals surface area contributed by atoms with Crippen molar-refractivity contribution in [3.63, 3.8) is 0 Å². The van der Waals surface area contributed by atoms with Crippen LogP contribution in [0.25, 0.3) is 0 Å². The van der Waals surface area contributed by atoms with Crippen LogP contribution in [0.3, 0.4) is 0 Å². The van der Waals surface area contributed by atoms with Gasteiger partial charge in [-0.3, -0.25) is 4.79 Å². The third kappa shape index (κ3) is 4.40. The summed E-state index contributed by atoms with van der Waals surface area (Å²) in [5, 5.41) is 3.00. The summed E-state index contributed by atoms with van der Waals surface area (Å²) in [4.78, 5) is 16.4. The second-order valence-electron chi connectivity index (χ2n) is 3.06. The molecule has 0 saturated carbocycles. The quantitative estimate of drug-likeness (QED) is 0.811. The Morgan fingerprint density at radius 2 is 2.33 bits per heavy atom. The molecule has 4 nitrogen and oxygen atoms in total. The van der Waals surface area contributed by atoms with Gasteiger partial charge in [0.05, 0.1) is 0 Å². The number of carbonyl (C=O) groups excluding carboxylic acids is 1. The van der Waals surface area contributed by atoms with Crippen LogP contribution in [0.15, 0.2) is 12.3 Å². The summed E-state index contributed by atoms with van der Waals surface area (Å²) < 4.78 is 1.05. The number of amides is 1. The number of H-pyrrole nitrogens is 1. The Bertz CT molecular complexity index is 316. The number of rotatable bonds is 4. The third-order valence-electron chi connectivity index (χ3n) is 1.92. The molecule has 0 aliphatic rings. The molecule has 1 aromatic rings. The summed E-state index contributed by atoms with van der Waals surface area (Å²) >= 11 is 2.17. The molecule has 1 heterocycles. The van der Waals surface area contributed by atoms with Gasteiger partial charge < -0.3 is 15.2 Å². The number of nitrogens with one attached hydrogen (secondary N) is 2. The van der Waals surface area contributed by atoms with E-state index in [1.165, 1.54) is 0 Å². The molecule has 6 heteroatoms. The topological polar surface area (TPSA) is 48.1 Å². The number of likely N-dealkylation sites (N-methyl/N-ethyl adjacent to an activating group) is 2. The van der Waals surface area contributed by atoms with Crippen LogP contribution in [-0.4, -0.2) is 43.0 Å². The van der Waals surface area contributed by atoms with Crippen LogP contribution in [0.1, 0.15) is 10.5 Å². The zero-order chi connectivity index (χ0) is 10.6. The Morgan fingerprint density at radius 1 is 1.67 bits per heavy atom. The van der Waals surface area contributed by atoms with Crippen molar-refractivity contribution in [2.45, 2.75) is 0 Å². The van der Waals surface area contributed by atoms with Crippen LogP contribution < -0.4 is 5.32 Å². The van der Waals surface area contributed by atoms with Gasteiger partial charge in [0.25, 0.3) is 5.91 Å². The largest absolute Gasteiger partial charge is 0.356 e. The van der Waals surface area contributed by atoms with Gasteiger partial charge in [0, 0.05) is 29.9 Å². The fourth-order valence-electron chi connectivity index (χ4n) is 1.08. The summed E-state index contributed by atoms with van der Waals surface area (Å²) in [6.07, 6.45) is 1.82. The third-order valence-corrected chi connectivity index (χ3v) is 2.54. The minimum Gasteiger partial charge on any atom is -0.356 e. The van der Waals surface area contributed by atoms with E-state index >= 15 is 0 Å². The van der Waals surface area contributed by atoms with Crippen molar-refractivity contribution in [3.05, 3.63) is 21.5 Å². The van der Waals surface area contributed by atoms with Gasteiger partial charge in [0.1, 0.15) is 5.69 Å². The Morgan fingerprint density at radius 3 is 2.80 bits per heavy atom. The highest BCUT2D eigenvalue weighted by atomic mass is 127. The first-order valence-electron chi connectivity index (χ1n) is 4.39. The average molecular weight is 344 g/mol. The van der Waals surface area contributed by atoms with E-state index in [1.807, 2.05) is 19.3 Å². The van der Waals surface area contributed by atoms with Gasteiger partial charge in [-0.25, -0.2) is 0 Å². The van der Waals surface area contributed by atoms with Crippen LogP contribution in [0.5, 0.6) is 0 Å². The predicted octanol–water partition coefficient (Wildman–Crippen LogP) is 1.33. The van der Waals surface area contributed by atoms with Crippen LogP contribution in [0.4, 0.5) is 0 Å². The molecule has 0 spiro atoms. The monoisotopic (exact) mass is 343 g/mol. The fourth-order valence-corrected chi connectivity index (χ4v) is 1.55. The van der Waals surface area contributed by atoms with E-state index in [2.05, 4.69) is 32.9 Å². The van der Waals surface area contributed by atoms with Crippen molar-refractivity contribution in [1.29, 1.82) is 0 Å². The number of aromatic nitrogens is 1. The number of hydrogen-bond acceptors (Lipinski definition) is 2. The van der Waals surface area contributed by atoms with Gasteiger partial charge in [0.2, 0.25) is 0 Å². The maximum Gasteiger partial charge on any atom is 0.270 e. The highest BCUT2D eigenvalue weighted by Crippen LogP contribution is 2.07. The van der Waals surface area contributed by atoms with Gasteiger partial charge >= 0.3 is 0 Å². The van der Waals surface area contributed by atoms with Gasteiger partial charge in [-0.05, 0) is 35.7 Å². The molecule has 1 aromatic heterocycles. The number of halogens is 2. The molecule has 0 saturated heterocycles. The molecule has 0 bridgehead atoms. The van der Waals surface area contributed by atoms with E-state index in [1.54, 1.807) is 11.9 Å². The normalized spacial score (nSPS) is 9.53. The lowest BCUT2D eigenvalue weighted by Gasteiger charge is -2.15. The highest BCUT2D eigenvalue weighted by molar-refractivity contribution is 14.1. The van der Waals surface area contributed by atoms with E-state index in [-0.39, 0.29) is 18.3 Å². The molecule has 0 unspecified atom stereocenters. The van der Waals surface area contributed by atoms with Crippen LogP contribution >= 0.6 is 35.0 Å². The Balaban J connectivity index is 0.00000196. The highest BCUT2D eigenvalue weighted by Gasteiger charge is 2.12. The zero-order valence-corrected chi connectivity index (χ0v) is 11.7. The smallest absolute Gasteiger partial charge is 0.270 e. The Kier molecular flexibility index (Phi) is 6.95. The lowest BCUT2D eigenvalue weighted by Crippen LogP contribution is -2.32. The van der Waals surface area contributed by atoms with Crippen LogP contribution in [0, 0.1) is 3.57 Å². The molecule has 15 heavy (non-hydrogen) atoms. The summed E-state index contributed by atoms with van der Waals surface area (Å²) in [6.45, 7) is 1.52. The molecule has 0 aliphatic carbocycles. The van der Waals surface area contributed by atoms with Crippen molar-refractivity contribution in [3.8, 4) is 0 Å². The van der Waals surface area contributed by atoms with Crippen molar-refractivity contribution >= 4 is 40.9 Å². The second kappa shape index (κ2) is 7.08. The van der Waals surface area contributed by atoms with Crippen molar-refractivity contribution in [2.75, 3.05) is 27.2 Å². The zero-order valence-electron chi connectivity index (χ0n) is 8.71. The molecule has 86 valence electrons. The molecule has 0 atom stereocenters. The summed E-state index contributed by atoms with van der Waals surface area (Å²) in [6, 6.07) is 1.85. The molecule has 0 aromatic carbocycles. The minimum absolute atomic E-state index is 0. The van der Waals surface area contributed by atoms with Crippen molar-refractivity contribution < 1.29 is 4.79 Å². The van der Waals surface area contributed by atoms with E-state index in [0.717, 1.165) is 10.1 Å². The van der Waals surface area contributed by atoms with E-state index in [4.69, 9.17) is 0 Å². The second-order valence-corrected chi connectivity index (χ2v) is 4.31. The minimum atomic E-state index is 0. The molecule has 0 aliphatic heterocycles. The predicted molar refractivity (Wildman–Crippen MR) is 71.6 cm³/mol. The van der Waals surface area contributed by atoms with Crippen molar-refractivity contribution in [2.24, 2.45) is 0 Å². The standard InChI is InChI=1S/C9H14IN3O.ClH/c1-11-3-4-13(2)9(14)8-5-7(10)6-12-8;/h5-6,11-12H,3-4H2,1-2H3;1H. The maximum absolute atomic E-state index is 11.7. The molecule has 1 rings (SSSR count). The summed E-state index contributed by atoms with van der Waals surface area (Å²) in [7, 11) is 3.67.